The molecule has 1 aliphatic rings. The minimum absolute atomic E-state index is 0.192. The first kappa shape index (κ1) is 13.9. The molecule has 0 spiro atoms. The van der Waals surface area contributed by atoms with Gasteiger partial charge in [-0.2, -0.15) is 0 Å². The Morgan fingerprint density at radius 3 is 2.89 bits per heavy atom. The van der Waals surface area contributed by atoms with Crippen LogP contribution in [-0.2, 0) is 11.3 Å². The Morgan fingerprint density at radius 1 is 1.37 bits per heavy atom. The third kappa shape index (κ3) is 4.24. The maximum absolute atomic E-state index is 12.0. The minimum atomic E-state index is -0.244. The highest BCUT2D eigenvalue weighted by molar-refractivity contribution is 5.67. The number of ether oxygens (including phenoxy) is 1. The van der Waals surface area contributed by atoms with Crippen molar-refractivity contribution in [1.29, 1.82) is 0 Å². The molecule has 1 heterocycles. The summed E-state index contributed by atoms with van der Waals surface area (Å²) in [4.78, 5) is 13.7. The van der Waals surface area contributed by atoms with Gasteiger partial charge in [-0.05, 0) is 30.7 Å². The van der Waals surface area contributed by atoms with Crippen LogP contribution in [0.4, 0.5) is 4.79 Å². The molecule has 1 aromatic carbocycles. The maximum Gasteiger partial charge on any atom is 0.410 e. The van der Waals surface area contributed by atoms with Crippen LogP contribution in [0, 0.1) is 5.92 Å². The summed E-state index contributed by atoms with van der Waals surface area (Å²) >= 11 is 0. The molecular formula is C15H21NO3. The Labute approximate surface area is 114 Å². The smallest absolute Gasteiger partial charge is 0.410 e. The number of carbonyl (C=O) groups is 1. The summed E-state index contributed by atoms with van der Waals surface area (Å²) in [6.07, 6.45) is 2.60. The monoisotopic (exact) mass is 263 g/mol. The highest BCUT2D eigenvalue weighted by atomic mass is 16.6. The number of hydrogen-bond donors (Lipinski definition) is 1. The third-order valence-electron chi connectivity index (χ3n) is 3.52. The Morgan fingerprint density at radius 2 is 2.16 bits per heavy atom. The van der Waals surface area contributed by atoms with E-state index in [0.29, 0.717) is 19.1 Å². The topological polar surface area (TPSA) is 49.8 Å². The van der Waals surface area contributed by atoms with Crippen molar-refractivity contribution in [2.45, 2.75) is 25.9 Å². The fourth-order valence-corrected chi connectivity index (χ4v) is 2.46. The van der Waals surface area contributed by atoms with E-state index in [1.54, 1.807) is 4.90 Å². The summed E-state index contributed by atoms with van der Waals surface area (Å²) in [5.41, 5.74) is 1.000. The molecule has 0 bridgehead atoms. The predicted molar refractivity (Wildman–Crippen MR) is 72.6 cm³/mol. The molecule has 4 heteroatoms. The molecule has 1 aromatic rings. The van der Waals surface area contributed by atoms with Gasteiger partial charge in [0.05, 0.1) is 0 Å². The van der Waals surface area contributed by atoms with Gasteiger partial charge in [0, 0.05) is 19.7 Å². The summed E-state index contributed by atoms with van der Waals surface area (Å²) < 4.78 is 5.32. The van der Waals surface area contributed by atoms with Gasteiger partial charge in [-0.1, -0.05) is 30.3 Å². The molecule has 1 fully saturated rings. The minimum Gasteiger partial charge on any atom is -0.445 e. The first-order valence-electron chi connectivity index (χ1n) is 6.86. The van der Waals surface area contributed by atoms with Crippen LogP contribution in [-0.4, -0.2) is 35.8 Å². The van der Waals surface area contributed by atoms with Gasteiger partial charge in [-0.25, -0.2) is 4.79 Å². The van der Waals surface area contributed by atoms with Crippen molar-refractivity contribution in [3.8, 4) is 0 Å². The molecule has 1 amide bonds. The van der Waals surface area contributed by atoms with Crippen molar-refractivity contribution in [2.75, 3.05) is 19.7 Å². The molecule has 4 nitrogen and oxygen atoms in total. The van der Waals surface area contributed by atoms with Crippen molar-refractivity contribution < 1.29 is 14.6 Å². The number of benzene rings is 1. The lowest BCUT2D eigenvalue weighted by Crippen LogP contribution is -2.40. The number of aliphatic hydroxyl groups excluding tert-OH is 1. The van der Waals surface area contributed by atoms with Gasteiger partial charge in [0.2, 0.25) is 0 Å². The Kier molecular flexibility index (Phi) is 5.21. The Bertz CT molecular complexity index is 392. The molecular weight excluding hydrogens is 242 g/mol. The van der Waals surface area contributed by atoms with E-state index in [4.69, 9.17) is 9.84 Å². The zero-order valence-corrected chi connectivity index (χ0v) is 11.1. The van der Waals surface area contributed by atoms with Gasteiger partial charge in [0.1, 0.15) is 6.61 Å². The zero-order valence-electron chi connectivity index (χ0n) is 11.1. The summed E-state index contributed by atoms with van der Waals surface area (Å²) in [6, 6.07) is 9.69. The van der Waals surface area contributed by atoms with Crippen LogP contribution in [0.25, 0.3) is 0 Å². The van der Waals surface area contributed by atoms with Crippen LogP contribution in [0.5, 0.6) is 0 Å². The van der Waals surface area contributed by atoms with Gasteiger partial charge in [-0.15, -0.1) is 0 Å². The third-order valence-corrected chi connectivity index (χ3v) is 3.52. The number of likely N-dealkylation sites (tertiary alicyclic amines) is 1. The van der Waals surface area contributed by atoms with Gasteiger partial charge in [-0.3, -0.25) is 0 Å². The average Bonchev–Trinajstić information content (AvgIpc) is 2.46. The lowest BCUT2D eigenvalue weighted by Gasteiger charge is -2.31. The van der Waals surface area contributed by atoms with Gasteiger partial charge < -0.3 is 14.7 Å². The molecule has 1 saturated heterocycles. The summed E-state index contributed by atoms with van der Waals surface area (Å²) in [5, 5.41) is 8.96. The van der Waals surface area contributed by atoms with Crippen LogP contribution in [0.1, 0.15) is 24.8 Å². The second-order valence-corrected chi connectivity index (χ2v) is 5.01. The molecule has 0 aromatic heterocycles. The number of hydrogen-bond acceptors (Lipinski definition) is 3. The highest BCUT2D eigenvalue weighted by Crippen LogP contribution is 2.20. The molecule has 104 valence electrons. The van der Waals surface area contributed by atoms with Crippen LogP contribution < -0.4 is 0 Å². The van der Waals surface area contributed by atoms with Crippen molar-refractivity contribution in [3.63, 3.8) is 0 Å². The van der Waals surface area contributed by atoms with E-state index in [1.807, 2.05) is 30.3 Å². The number of nitrogens with zero attached hydrogens (tertiary/aromatic N) is 1. The first-order valence-corrected chi connectivity index (χ1v) is 6.86. The molecule has 1 unspecified atom stereocenters. The Hall–Kier alpha value is -1.55. The molecule has 1 aliphatic heterocycles. The second-order valence-electron chi connectivity index (χ2n) is 5.01. The predicted octanol–water partition coefficient (Wildman–Crippen LogP) is 2.42. The summed E-state index contributed by atoms with van der Waals surface area (Å²) in [7, 11) is 0. The van der Waals surface area contributed by atoms with Crippen molar-refractivity contribution >= 4 is 6.09 Å². The van der Waals surface area contributed by atoms with Crippen molar-refractivity contribution in [1.82, 2.24) is 4.90 Å². The number of aliphatic hydroxyl groups is 1. The van der Waals surface area contributed by atoms with E-state index in [2.05, 4.69) is 0 Å². The average molecular weight is 263 g/mol. The SMILES string of the molecule is O=C(OCc1ccccc1)N1CCCC(CCO)C1. The molecule has 1 N–H and O–H groups in total. The summed E-state index contributed by atoms with van der Waals surface area (Å²) in [6.45, 7) is 1.97. The quantitative estimate of drug-likeness (QED) is 0.907. The van der Waals surface area contributed by atoms with Crippen LogP contribution in [0.15, 0.2) is 30.3 Å². The summed E-state index contributed by atoms with van der Waals surface area (Å²) in [5.74, 6) is 0.406. The molecule has 2 rings (SSSR count). The number of rotatable bonds is 4. The van der Waals surface area contributed by atoms with E-state index < -0.39 is 0 Å². The number of carbonyl (C=O) groups excluding carboxylic acids is 1. The molecule has 0 saturated carbocycles. The van der Waals surface area contributed by atoms with Gasteiger partial charge >= 0.3 is 6.09 Å². The van der Waals surface area contributed by atoms with E-state index in [0.717, 1.165) is 31.4 Å². The molecule has 0 aliphatic carbocycles. The zero-order chi connectivity index (χ0) is 13.5. The lowest BCUT2D eigenvalue weighted by atomic mass is 9.95. The molecule has 0 radical (unpaired) electrons. The van der Waals surface area contributed by atoms with Crippen LogP contribution in [0.2, 0.25) is 0 Å². The van der Waals surface area contributed by atoms with E-state index in [1.165, 1.54) is 0 Å². The first-order chi connectivity index (χ1) is 9.29. The molecule has 1 atom stereocenters. The van der Waals surface area contributed by atoms with Crippen molar-refractivity contribution in [2.24, 2.45) is 5.92 Å². The standard InChI is InChI=1S/C15H21NO3/c17-10-8-13-7-4-9-16(11-13)15(18)19-12-14-5-2-1-3-6-14/h1-3,5-6,13,17H,4,7-12H2. The number of amides is 1. The van der Waals surface area contributed by atoms with E-state index in [9.17, 15) is 4.79 Å². The molecule has 19 heavy (non-hydrogen) atoms. The largest absolute Gasteiger partial charge is 0.445 e. The van der Waals surface area contributed by atoms with Gasteiger partial charge in [0.25, 0.3) is 0 Å². The second kappa shape index (κ2) is 7.14. The fraction of sp³-hybridized carbons (Fsp3) is 0.533. The fourth-order valence-electron chi connectivity index (χ4n) is 2.46. The van der Waals surface area contributed by atoms with Crippen LogP contribution in [0.3, 0.4) is 0 Å². The highest BCUT2D eigenvalue weighted by Gasteiger charge is 2.24. The van der Waals surface area contributed by atoms with Gasteiger partial charge in [0.15, 0.2) is 0 Å². The van der Waals surface area contributed by atoms with E-state index in [-0.39, 0.29) is 12.7 Å². The maximum atomic E-state index is 12.0. The van der Waals surface area contributed by atoms with E-state index >= 15 is 0 Å². The van der Waals surface area contributed by atoms with Crippen LogP contribution >= 0.6 is 0 Å². The normalized spacial score (nSPS) is 19.2. The lowest BCUT2D eigenvalue weighted by molar-refractivity contribution is 0.0750. The number of piperidine rings is 1. The Balaban J connectivity index is 1.79. The van der Waals surface area contributed by atoms with Crippen molar-refractivity contribution in [3.05, 3.63) is 35.9 Å².